The second kappa shape index (κ2) is 5.98. The number of hydrogen-bond acceptors (Lipinski definition) is 5. The average molecular weight is 330 g/mol. The number of aromatic amines is 1. The third-order valence-electron chi connectivity index (χ3n) is 4.61. The van der Waals surface area contributed by atoms with Crippen LogP contribution in [0, 0.1) is 5.82 Å². The number of pyridine rings is 1. The Labute approximate surface area is 138 Å². The average Bonchev–Trinajstić information content (AvgIpc) is 3.40. The number of ether oxygens (including phenoxy) is 1. The summed E-state index contributed by atoms with van der Waals surface area (Å²) in [5.41, 5.74) is 2.26. The van der Waals surface area contributed by atoms with Gasteiger partial charge in [-0.2, -0.15) is 0 Å². The van der Waals surface area contributed by atoms with Crippen molar-refractivity contribution >= 4 is 0 Å². The van der Waals surface area contributed by atoms with Gasteiger partial charge < -0.3 is 9.72 Å². The Hall–Kier alpha value is -2.28. The van der Waals surface area contributed by atoms with Crippen molar-refractivity contribution in [1.29, 1.82) is 0 Å². The van der Waals surface area contributed by atoms with Crippen molar-refractivity contribution in [3.8, 4) is 5.88 Å². The molecule has 1 N–H and O–H groups in total. The highest BCUT2D eigenvalue weighted by molar-refractivity contribution is 5.27. The standard InChI is InChI=1S/C17H19FN4O2/c1-24-17-11(6-12(18)7-19-17)8-22-5-4-14-13(9-22)16(23)21-15(20-14)10-2-3-10/h6-7,10H,2-5,8-9H2,1H3,(H,20,21,23). The quantitative estimate of drug-likeness (QED) is 0.925. The number of methoxy groups -OCH3 is 1. The third kappa shape index (κ3) is 2.91. The minimum absolute atomic E-state index is 0.0454. The van der Waals surface area contributed by atoms with Gasteiger partial charge in [-0.1, -0.05) is 0 Å². The number of nitrogens with zero attached hydrogens (tertiary/aromatic N) is 3. The van der Waals surface area contributed by atoms with Gasteiger partial charge in [-0.15, -0.1) is 0 Å². The number of H-pyrrole nitrogens is 1. The van der Waals surface area contributed by atoms with Crippen molar-refractivity contribution in [3.63, 3.8) is 0 Å². The molecule has 24 heavy (non-hydrogen) atoms. The summed E-state index contributed by atoms with van der Waals surface area (Å²) >= 11 is 0. The highest BCUT2D eigenvalue weighted by Crippen LogP contribution is 2.37. The number of rotatable bonds is 4. The second-order valence-electron chi connectivity index (χ2n) is 6.43. The van der Waals surface area contributed by atoms with Gasteiger partial charge >= 0.3 is 0 Å². The van der Waals surface area contributed by atoms with Crippen molar-refractivity contribution in [3.05, 3.63) is 51.1 Å². The molecule has 0 aromatic carbocycles. The van der Waals surface area contributed by atoms with Crippen LogP contribution in [0.1, 0.15) is 41.4 Å². The second-order valence-corrected chi connectivity index (χ2v) is 6.43. The molecule has 0 amide bonds. The first kappa shape index (κ1) is 15.3. The molecule has 2 aromatic heterocycles. The number of hydrogen-bond donors (Lipinski definition) is 1. The van der Waals surface area contributed by atoms with Crippen LogP contribution in [0.4, 0.5) is 4.39 Å². The molecule has 1 fully saturated rings. The Balaban J connectivity index is 1.56. The molecular formula is C17H19FN4O2. The minimum Gasteiger partial charge on any atom is -0.481 e. The molecule has 1 saturated carbocycles. The van der Waals surface area contributed by atoms with E-state index in [2.05, 4.69) is 19.9 Å². The van der Waals surface area contributed by atoms with Gasteiger partial charge in [0.05, 0.1) is 24.6 Å². The summed E-state index contributed by atoms with van der Waals surface area (Å²) < 4.78 is 18.7. The zero-order valence-corrected chi connectivity index (χ0v) is 13.5. The molecule has 0 saturated heterocycles. The highest BCUT2D eigenvalue weighted by atomic mass is 19.1. The van der Waals surface area contributed by atoms with Gasteiger partial charge in [-0.25, -0.2) is 14.4 Å². The van der Waals surface area contributed by atoms with E-state index in [1.807, 2.05) is 0 Å². The van der Waals surface area contributed by atoms with Crippen molar-refractivity contribution < 1.29 is 9.13 Å². The number of halogens is 1. The van der Waals surface area contributed by atoms with E-state index in [1.165, 1.54) is 13.2 Å². The van der Waals surface area contributed by atoms with E-state index in [-0.39, 0.29) is 5.56 Å². The first-order valence-corrected chi connectivity index (χ1v) is 8.17. The van der Waals surface area contributed by atoms with E-state index >= 15 is 0 Å². The van der Waals surface area contributed by atoms with Crippen molar-refractivity contribution in [1.82, 2.24) is 19.9 Å². The fourth-order valence-corrected chi connectivity index (χ4v) is 3.19. The highest BCUT2D eigenvalue weighted by Gasteiger charge is 2.29. The maximum Gasteiger partial charge on any atom is 0.255 e. The van der Waals surface area contributed by atoms with Crippen LogP contribution in [0.5, 0.6) is 5.88 Å². The van der Waals surface area contributed by atoms with Crippen LogP contribution in [0.25, 0.3) is 0 Å². The molecule has 4 rings (SSSR count). The molecule has 1 aliphatic heterocycles. The van der Waals surface area contributed by atoms with Crippen molar-refractivity contribution in [2.24, 2.45) is 0 Å². The zero-order valence-electron chi connectivity index (χ0n) is 13.5. The van der Waals surface area contributed by atoms with E-state index in [0.29, 0.717) is 36.0 Å². The summed E-state index contributed by atoms with van der Waals surface area (Å²) in [5, 5.41) is 0. The lowest BCUT2D eigenvalue weighted by Crippen LogP contribution is -2.35. The molecule has 2 aromatic rings. The number of fused-ring (bicyclic) bond motifs is 1. The third-order valence-corrected chi connectivity index (χ3v) is 4.61. The SMILES string of the molecule is COc1ncc(F)cc1CN1CCc2nc(C3CC3)[nH]c(=O)c2C1. The van der Waals surface area contributed by atoms with Crippen molar-refractivity contribution in [2.45, 2.75) is 38.3 Å². The van der Waals surface area contributed by atoms with E-state index < -0.39 is 5.82 Å². The Morgan fingerprint density at radius 2 is 2.29 bits per heavy atom. The normalized spacial score (nSPS) is 17.6. The Kier molecular flexibility index (Phi) is 3.80. The summed E-state index contributed by atoms with van der Waals surface area (Å²) in [7, 11) is 1.52. The molecule has 6 nitrogen and oxygen atoms in total. The Bertz CT molecular complexity index is 832. The van der Waals surface area contributed by atoms with Gasteiger partial charge in [0.2, 0.25) is 5.88 Å². The van der Waals surface area contributed by atoms with E-state index in [1.54, 1.807) is 0 Å². The molecule has 1 aliphatic carbocycles. The van der Waals surface area contributed by atoms with Gasteiger partial charge in [0.15, 0.2) is 0 Å². The number of nitrogens with one attached hydrogen (secondary N) is 1. The molecule has 3 heterocycles. The Morgan fingerprint density at radius 3 is 3.04 bits per heavy atom. The molecular weight excluding hydrogens is 311 g/mol. The molecule has 7 heteroatoms. The Morgan fingerprint density at radius 1 is 1.46 bits per heavy atom. The predicted octanol–water partition coefficient (Wildman–Crippen LogP) is 1.75. The van der Waals surface area contributed by atoms with E-state index in [9.17, 15) is 9.18 Å². The molecule has 0 unspecified atom stereocenters. The van der Waals surface area contributed by atoms with Crippen LogP contribution in [0.3, 0.4) is 0 Å². The molecule has 2 aliphatic rings. The van der Waals surface area contributed by atoms with Crippen LogP contribution in [-0.4, -0.2) is 33.5 Å². The fourth-order valence-electron chi connectivity index (χ4n) is 3.19. The molecule has 0 atom stereocenters. The van der Waals surface area contributed by atoms with Crippen LogP contribution < -0.4 is 10.3 Å². The number of aromatic nitrogens is 3. The zero-order chi connectivity index (χ0) is 16.7. The van der Waals surface area contributed by atoms with Crippen LogP contribution >= 0.6 is 0 Å². The topological polar surface area (TPSA) is 71.1 Å². The van der Waals surface area contributed by atoms with Crippen LogP contribution in [-0.2, 0) is 19.5 Å². The summed E-state index contributed by atoms with van der Waals surface area (Å²) in [6.45, 7) is 1.76. The fraction of sp³-hybridized carbons (Fsp3) is 0.471. The van der Waals surface area contributed by atoms with E-state index in [4.69, 9.17) is 4.74 Å². The summed E-state index contributed by atoms with van der Waals surface area (Å²) in [6.07, 6.45) is 4.09. The summed E-state index contributed by atoms with van der Waals surface area (Å²) in [5.74, 6) is 1.29. The molecule has 126 valence electrons. The first-order chi connectivity index (χ1) is 11.6. The smallest absolute Gasteiger partial charge is 0.255 e. The summed E-state index contributed by atoms with van der Waals surface area (Å²) in [4.78, 5) is 26.0. The van der Waals surface area contributed by atoms with Crippen molar-refractivity contribution in [2.75, 3.05) is 13.7 Å². The first-order valence-electron chi connectivity index (χ1n) is 8.17. The summed E-state index contributed by atoms with van der Waals surface area (Å²) in [6, 6.07) is 1.43. The lowest BCUT2D eigenvalue weighted by Gasteiger charge is -2.28. The van der Waals surface area contributed by atoms with E-state index in [0.717, 1.165) is 43.5 Å². The predicted molar refractivity (Wildman–Crippen MR) is 85.4 cm³/mol. The van der Waals surface area contributed by atoms with Gasteiger partial charge in [0.1, 0.15) is 11.6 Å². The molecule has 0 radical (unpaired) electrons. The molecule has 0 spiro atoms. The maximum atomic E-state index is 13.5. The van der Waals surface area contributed by atoms with Crippen LogP contribution in [0.2, 0.25) is 0 Å². The maximum absolute atomic E-state index is 13.5. The largest absolute Gasteiger partial charge is 0.481 e. The van der Waals surface area contributed by atoms with Gasteiger partial charge in [-0.05, 0) is 18.9 Å². The van der Waals surface area contributed by atoms with Gasteiger partial charge in [0.25, 0.3) is 5.56 Å². The van der Waals surface area contributed by atoms with Gasteiger partial charge in [-0.3, -0.25) is 9.69 Å². The minimum atomic E-state index is -0.392. The lowest BCUT2D eigenvalue weighted by molar-refractivity contribution is 0.236. The monoisotopic (exact) mass is 330 g/mol. The molecule has 0 bridgehead atoms. The lowest BCUT2D eigenvalue weighted by atomic mass is 10.1. The van der Waals surface area contributed by atoms with Crippen LogP contribution in [0.15, 0.2) is 17.1 Å². The van der Waals surface area contributed by atoms with Gasteiger partial charge in [0, 0.05) is 37.5 Å².